The lowest BCUT2D eigenvalue weighted by molar-refractivity contribution is 0.0652. The fourth-order valence-corrected chi connectivity index (χ4v) is 4.13. The van der Waals surface area contributed by atoms with Crippen molar-refractivity contribution in [1.29, 1.82) is 0 Å². The second kappa shape index (κ2) is 4.95. The molecule has 1 N–H and O–H groups in total. The van der Waals surface area contributed by atoms with Crippen LogP contribution in [0.4, 0.5) is 0 Å². The molecule has 116 valence electrons. The summed E-state index contributed by atoms with van der Waals surface area (Å²) in [5, 5.41) is 12.5. The summed E-state index contributed by atoms with van der Waals surface area (Å²) in [6, 6.07) is 8.73. The van der Waals surface area contributed by atoms with Gasteiger partial charge in [0.25, 0.3) is 0 Å². The summed E-state index contributed by atoms with van der Waals surface area (Å²) < 4.78 is 27.8. The third-order valence-corrected chi connectivity index (χ3v) is 4.98. The van der Waals surface area contributed by atoms with E-state index in [2.05, 4.69) is 5.16 Å². The van der Waals surface area contributed by atoms with Gasteiger partial charge >= 0.3 is 5.97 Å². The van der Waals surface area contributed by atoms with Gasteiger partial charge in [0.15, 0.2) is 0 Å². The van der Waals surface area contributed by atoms with Crippen molar-refractivity contribution in [3.8, 4) is 11.3 Å². The van der Waals surface area contributed by atoms with Gasteiger partial charge in [-0.25, -0.2) is 13.2 Å². The summed E-state index contributed by atoms with van der Waals surface area (Å²) in [5.74, 6) is -1.22. The molecule has 1 aromatic carbocycles. The molecule has 1 saturated carbocycles. The summed E-state index contributed by atoms with van der Waals surface area (Å²) in [6.07, 6.45) is 2.99. The highest BCUT2D eigenvalue weighted by Crippen LogP contribution is 2.49. The Morgan fingerprint density at radius 3 is 2.41 bits per heavy atom. The Morgan fingerprint density at radius 2 is 1.95 bits per heavy atom. The maximum absolute atomic E-state index is 11.5. The molecule has 1 aromatic heterocycles. The number of rotatable bonds is 5. The van der Waals surface area contributed by atoms with Crippen LogP contribution in [0.25, 0.3) is 11.3 Å². The number of sulfone groups is 1. The zero-order valence-corrected chi connectivity index (χ0v) is 12.8. The monoisotopic (exact) mass is 321 g/mol. The predicted octanol–water partition coefficient (Wildman–Crippen LogP) is 2.12. The molecule has 0 atom stereocenters. The van der Waals surface area contributed by atoms with Crippen molar-refractivity contribution in [1.82, 2.24) is 5.16 Å². The molecule has 0 saturated heterocycles. The number of hydrogen-bond donors (Lipinski definition) is 1. The molecule has 22 heavy (non-hydrogen) atoms. The van der Waals surface area contributed by atoms with Crippen LogP contribution in [-0.4, -0.2) is 36.7 Å². The second-order valence-electron chi connectivity index (χ2n) is 5.81. The number of benzene rings is 1. The quantitative estimate of drug-likeness (QED) is 0.906. The molecule has 0 radical (unpaired) electrons. The molecule has 7 heteroatoms. The Morgan fingerprint density at radius 1 is 1.32 bits per heavy atom. The van der Waals surface area contributed by atoms with Gasteiger partial charge in [-0.15, -0.1) is 0 Å². The van der Waals surface area contributed by atoms with Crippen LogP contribution in [0.5, 0.6) is 0 Å². The Bertz CT molecular complexity index is 816. The third kappa shape index (κ3) is 2.89. The molecule has 2 aromatic rings. The van der Waals surface area contributed by atoms with E-state index in [0.717, 1.165) is 24.0 Å². The highest BCUT2D eigenvalue weighted by molar-refractivity contribution is 7.90. The maximum Gasteiger partial charge on any atom is 0.374 e. The smallest absolute Gasteiger partial charge is 0.374 e. The van der Waals surface area contributed by atoms with Crippen molar-refractivity contribution in [3.63, 3.8) is 0 Å². The fourth-order valence-electron chi connectivity index (χ4n) is 2.68. The van der Waals surface area contributed by atoms with Crippen molar-refractivity contribution in [2.75, 3.05) is 12.0 Å². The largest absolute Gasteiger partial charge is 0.475 e. The van der Waals surface area contributed by atoms with E-state index in [9.17, 15) is 13.2 Å². The average molecular weight is 321 g/mol. The molecule has 3 rings (SSSR count). The number of aromatic carboxylic acids is 1. The van der Waals surface area contributed by atoms with E-state index in [-0.39, 0.29) is 16.9 Å². The van der Waals surface area contributed by atoms with Crippen molar-refractivity contribution in [2.45, 2.75) is 18.3 Å². The molecule has 1 aliphatic rings. The van der Waals surface area contributed by atoms with Crippen LogP contribution < -0.4 is 0 Å². The van der Waals surface area contributed by atoms with E-state index >= 15 is 0 Å². The van der Waals surface area contributed by atoms with Crippen LogP contribution in [0.3, 0.4) is 0 Å². The Labute approximate surface area is 127 Å². The minimum absolute atomic E-state index is 0.159. The first-order valence-corrected chi connectivity index (χ1v) is 8.84. The number of carboxylic acids is 1. The molecule has 0 spiro atoms. The number of aromatic nitrogens is 1. The van der Waals surface area contributed by atoms with Crippen molar-refractivity contribution < 1.29 is 22.8 Å². The van der Waals surface area contributed by atoms with Crippen LogP contribution in [0, 0.1) is 0 Å². The average Bonchev–Trinajstić information content (AvgIpc) is 3.03. The topological polar surface area (TPSA) is 97.5 Å². The lowest BCUT2D eigenvalue weighted by atomic mass is 9.96. The van der Waals surface area contributed by atoms with Crippen LogP contribution in [0.1, 0.15) is 29.0 Å². The minimum atomic E-state index is -3.03. The first-order valence-electron chi connectivity index (χ1n) is 6.78. The van der Waals surface area contributed by atoms with Gasteiger partial charge in [0.1, 0.15) is 15.5 Å². The summed E-state index contributed by atoms with van der Waals surface area (Å²) in [4.78, 5) is 10.8. The van der Waals surface area contributed by atoms with Gasteiger partial charge in [0.2, 0.25) is 5.76 Å². The summed E-state index contributed by atoms with van der Waals surface area (Å²) in [7, 11) is -3.03. The predicted molar refractivity (Wildman–Crippen MR) is 79.5 cm³/mol. The standard InChI is InChI=1S/C15H15NO5S/c1-22(19,20)9-15(6-7-15)11-4-2-10(3-5-11)12-8-13(14(17)18)21-16-12/h2-5,8H,6-7,9H2,1H3,(H,17,18). The van der Waals surface area contributed by atoms with E-state index in [1.165, 1.54) is 12.3 Å². The number of hydrogen-bond acceptors (Lipinski definition) is 5. The van der Waals surface area contributed by atoms with E-state index < -0.39 is 15.8 Å². The van der Waals surface area contributed by atoms with Gasteiger partial charge in [-0.05, 0) is 18.4 Å². The van der Waals surface area contributed by atoms with Crippen molar-refractivity contribution >= 4 is 15.8 Å². The van der Waals surface area contributed by atoms with Crippen LogP contribution in [-0.2, 0) is 15.3 Å². The summed E-state index contributed by atoms with van der Waals surface area (Å²) >= 11 is 0. The van der Waals surface area contributed by atoms with Gasteiger partial charge in [-0.2, -0.15) is 0 Å². The SMILES string of the molecule is CS(=O)(=O)CC1(c2ccc(-c3cc(C(=O)O)on3)cc2)CC1. The van der Waals surface area contributed by atoms with Crippen LogP contribution >= 0.6 is 0 Å². The van der Waals surface area contributed by atoms with Crippen LogP contribution in [0.2, 0.25) is 0 Å². The van der Waals surface area contributed by atoms with Gasteiger partial charge in [-0.3, -0.25) is 0 Å². The highest BCUT2D eigenvalue weighted by Gasteiger charge is 2.46. The molecule has 1 heterocycles. The van der Waals surface area contributed by atoms with E-state index in [1.807, 2.05) is 12.1 Å². The Kier molecular flexibility index (Phi) is 3.32. The Balaban J connectivity index is 1.85. The minimum Gasteiger partial charge on any atom is -0.475 e. The first kappa shape index (κ1) is 14.8. The van der Waals surface area contributed by atoms with Gasteiger partial charge < -0.3 is 9.63 Å². The Hall–Kier alpha value is -2.15. The maximum atomic E-state index is 11.5. The van der Waals surface area contributed by atoms with Gasteiger partial charge in [0, 0.05) is 23.3 Å². The second-order valence-corrected chi connectivity index (χ2v) is 7.95. The van der Waals surface area contributed by atoms with Crippen molar-refractivity contribution in [2.24, 2.45) is 0 Å². The number of carbonyl (C=O) groups is 1. The molecular formula is C15H15NO5S. The third-order valence-electron chi connectivity index (χ3n) is 3.91. The molecule has 0 aliphatic heterocycles. The van der Waals surface area contributed by atoms with Gasteiger partial charge in [0.05, 0.1) is 5.75 Å². The van der Waals surface area contributed by atoms with Gasteiger partial charge in [-0.1, -0.05) is 29.4 Å². The van der Waals surface area contributed by atoms with E-state index in [4.69, 9.17) is 9.63 Å². The number of nitrogens with zero attached hydrogens (tertiary/aromatic N) is 1. The molecule has 1 fully saturated rings. The molecule has 6 nitrogen and oxygen atoms in total. The number of carboxylic acid groups (broad SMARTS) is 1. The van der Waals surface area contributed by atoms with Crippen molar-refractivity contribution in [3.05, 3.63) is 41.7 Å². The van der Waals surface area contributed by atoms with E-state index in [1.54, 1.807) is 12.1 Å². The molecule has 0 bridgehead atoms. The highest BCUT2D eigenvalue weighted by atomic mass is 32.2. The lowest BCUT2D eigenvalue weighted by Crippen LogP contribution is -2.19. The summed E-state index contributed by atoms with van der Waals surface area (Å²) in [5.41, 5.74) is 1.90. The lowest BCUT2D eigenvalue weighted by Gasteiger charge is -2.14. The molecule has 0 unspecified atom stereocenters. The zero-order chi connectivity index (χ0) is 16.0. The zero-order valence-electron chi connectivity index (χ0n) is 11.9. The molecular weight excluding hydrogens is 306 g/mol. The van der Waals surface area contributed by atoms with Crippen LogP contribution in [0.15, 0.2) is 34.9 Å². The first-order chi connectivity index (χ1) is 10.3. The fraction of sp³-hybridized carbons (Fsp3) is 0.333. The van der Waals surface area contributed by atoms with E-state index in [0.29, 0.717) is 5.69 Å². The summed E-state index contributed by atoms with van der Waals surface area (Å²) in [6.45, 7) is 0. The normalized spacial score (nSPS) is 16.4. The molecule has 0 amide bonds. The molecule has 1 aliphatic carbocycles.